The van der Waals surface area contributed by atoms with E-state index in [9.17, 15) is 0 Å². The second-order valence-electron chi connectivity index (χ2n) is 12.0. The molecule has 2 nitrogen and oxygen atoms in total. The summed E-state index contributed by atoms with van der Waals surface area (Å²) in [7, 11) is 0. The number of nitrogens with zero attached hydrogens (tertiary/aromatic N) is 1. The highest BCUT2D eigenvalue weighted by molar-refractivity contribution is 7.80. The third-order valence-electron chi connectivity index (χ3n) is 8.10. The molecule has 0 bridgehead atoms. The largest absolute Gasteiger partial charge is 0.330 e. The predicted molar refractivity (Wildman–Crippen MR) is 218 cm³/mol. The van der Waals surface area contributed by atoms with Gasteiger partial charge in [-0.2, -0.15) is 4.99 Å². The van der Waals surface area contributed by atoms with Crippen molar-refractivity contribution in [1.29, 1.82) is 0 Å². The van der Waals surface area contributed by atoms with Gasteiger partial charge in [-0.15, -0.1) is 0 Å². The van der Waals surface area contributed by atoms with Crippen molar-refractivity contribution in [2.45, 2.75) is 127 Å². The Labute approximate surface area is 298 Å². The van der Waals surface area contributed by atoms with Gasteiger partial charge in [-0.25, -0.2) is 0 Å². The van der Waals surface area contributed by atoms with Crippen molar-refractivity contribution < 1.29 is 0 Å². The van der Waals surface area contributed by atoms with Crippen molar-refractivity contribution >= 4 is 57.2 Å². The molecule has 0 fully saturated rings. The minimum atomic E-state index is 0. The van der Waals surface area contributed by atoms with Gasteiger partial charge in [0.25, 0.3) is 0 Å². The van der Waals surface area contributed by atoms with E-state index >= 15 is 0 Å². The minimum Gasteiger partial charge on any atom is -0.330 e. The number of nitrogens with two attached hydrogens (primary N) is 1. The van der Waals surface area contributed by atoms with Crippen molar-refractivity contribution in [1.82, 2.24) is 0 Å². The van der Waals surface area contributed by atoms with E-state index in [0.29, 0.717) is 0 Å². The van der Waals surface area contributed by atoms with Crippen LogP contribution in [0.4, 0.5) is 5.69 Å². The number of rotatable bonds is 15. The van der Waals surface area contributed by atoms with Gasteiger partial charge in [0, 0.05) is 12.8 Å². The zero-order valence-corrected chi connectivity index (χ0v) is 31.4. The molecule has 0 aliphatic heterocycles. The first-order valence-electron chi connectivity index (χ1n) is 16.5. The Morgan fingerprint density at radius 3 is 1.26 bits per heavy atom. The van der Waals surface area contributed by atoms with E-state index in [0.717, 1.165) is 49.0 Å². The van der Waals surface area contributed by atoms with Gasteiger partial charge in [0.05, 0.1) is 10.8 Å². The molecule has 0 unspecified atom stereocenters. The fourth-order valence-electron chi connectivity index (χ4n) is 5.23. The quantitative estimate of drug-likeness (QED) is 0.0988. The molecular weight excluding hydrogens is 617 g/mol. The van der Waals surface area contributed by atoms with Crippen LogP contribution in [0.2, 0.25) is 0 Å². The van der Waals surface area contributed by atoms with Crippen molar-refractivity contribution in [3.63, 3.8) is 0 Å². The molecule has 0 saturated heterocycles. The molecule has 3 aromatic carbocycles. The molecule has 0 aliphatic carbocycles. The standard InChI is InChI=1S/C27H36S2.C9H9NS.C4H11N.CH4/c1-20-12-10-13-21(2)26(20)18-24(28)16-8-6-5-7-9-17-25(29)19-27-22(3)14-11-15-23(27)4;1-7-4-3-5-8(2)9(7)10-6-11;1-2-3-4-5;/h10-15H,5-9,16-19H2,1-4H3;3-5H,1-2H3;2-5H2,1H3;1H4. The average Bonchev–Trinajstić information content (AvgIpc) is 2.99. The van der Waals surface area contributed by atoms with E-state index < -0.39 is 0 Å². The molecule has 2 N–H and O–H groups in total. The number of unbranched alkanes of at least 4 members (excludes halogenated alkanes) is 5. The SMILES string of the molecule is C.CCCCN.Cc1cccc(C)c1CC(=S)CCCCCCCC(=S)Cc1c(C)cccc1C.Cc1cccc(C)c1N=C=S. The van der Waals surface area contributed by atoms with Gasteiger partial charge >= 0.3 is 0 Å². The first-order valence-corrected chi connectivity index (χ1v) is 17.8. The van der Waals surface area contributed by atoms with E-state index in [2.05, 4.69) is 93.4 Å². The Bertz CT molecular complexity index is 1250. The molecule has 0 aliphatic rings. The molecule has 46 heavy (non-hydrogen) atoms. The lowest BCUT2D eigenvalue weighted by atomic mass is 9.96. The fourth-order valence-corrected chi connectivity index (χ4v) is 5.90. The molecule has 252 valence electrons. The Morgan fingerprint density at radius 1 is 0.609 bits per heavy atom. The van der Waals surface area contributed by atoms with Gasteiger partial charge in [0.15, 0.2) is 0 Å². The van der Waals surface area contributed by atoms with E-state index in [-0.39, 0.29) is 7.43 Å². The van der Waals surface area contributed by atoms with E-state index in [4.69, 9.17) is 30.2 Å². The van der Waals surface area contributed by atoms with Crippen LogP contribution in [0.25, 0.3) is 0 Å². The van der Waals surface area contributed by atoms with Crippen LogP contribution in [0.1, 0.15) is 117 Å². The normalized spacial score (nSPS) is 9.91. The van der Waals surface area contributed by atoms with Crippen LogP contribution in [0.5, 0.6) is 0 Å². The second kappa shape index (κ2) is 25.7. The van der Waals surface area contributed by atoms with Crippen LogP contribution in [-0.4, -0.2) is 21.4 Å². The number of aliphatic imine (C=N–C) groups is 1. The Balaban J connectivity index is 0.000000979. The molecule has 0 heterocycles. The molecule has 5 heteroatoms. The topological polar surface area (TPSA) is 38.4 Å². The van der Waals surface area contributed by atoms with Gasteiger partial charge in [0.2, 0.25) is 0 Å². The first-order chi connectivity index (χ1) is 21.5. The van der Waals surface area contributed by atoms with Crippen molar-refractivity contribution in [2.24, 2.45) is 10.7 Å². The van der Waals surface area contributed by atoms with E-state index in [1.165, 1.54) is 88.1 Å². The van der Waals surface area contributed by atoms with Crippen molar-refractivity contribution in [2.75, 3.05) is 6.54 Å². The lowest BCUT2D eigenvalue weighted by Crippen LogP contribution is -2.04. The predicted octanol–water partition coefficient (Wildman–Crippen LogP) is 12.6. The summed E-state index contributed by atoms with van der Waals surface area (Å²) in [5.74, 6) is 0. The number of hydrogen-bond donors (Lipinski definition) is 1. The van der Waals surface area contributed by atoms with Gasteiger partial charge in [0.1, 0.15) is 0 Å². The number of para-hydroxylation sites is 1. The number of benzene rings is 3. The van der Waals surface area contributed by atoms with E-state index in [1.54, 1.807) is 0 Å². The summed E-state index contributed by atoms with van der Waals surface area (Å²) in [6.45, 7) is 15.8. The van der Waals surface area contributed by atoms with Crippen LogP contribution in [0.15, 0.2) is 59.6 Å². The maximum Gasteiger partial charge on any atom is 0.0797 e. The summed E-state index contributed by atoms with van der Waals surface area (Å²) in [6.07, 6.45) is 12.7. The molecule has 0 spiro atoms. The summed E-state index contributed by atoms with van der Waals surface area (Å²) in [6, 6.07) is 19.1. The van der Waals surface area contributed by atoms with E-state index in [1.807, 2.05) is 32.0 Å². The summed E-state index contributed by atoms with van der Waals surface area (Å²) in [5.41, 5.74) is 16.7. The summed E-state index contributed by atoms with van der Waals surface area (Å²) >= 11 is 15.8. The summed E-state index contributed by atoms with van der Waals surface area (Å²) < 4.78 is 0. The second-order valence-corrected chi connectivity index (χ2v) is 13.4. The molecular formula is C41H60N2S3. The molecule has 3 rings (SSSR count). The Kier molecular flexibility index (Phi) is 24.3. The Hall–Kier alpha value is -2.40. The van der Waals surface area contributed by atoms with Crippen LogP contribution >= 0.6 is 36.7 Å². The van der Waals surface area contributed by atoms with Crippen molar-refractivity contribution in [3.8, 4) is 0 Å². The van der Waals surface area contributed by atoms with Gasteiger partial charge in [-0.05, 0) is 147 Å². The van der Waals surface area contributed by atoms with Gasteiger partial charge < -0.3 is 5.73 Å². The summed E-state index contributed by atoms with van der Waals surface area (Å²) in [4.78, 5) is 6.38. The molecule has 3 aromatic rings. The third kappa shape index (κ3) is 17.5. The zero-order valence-electron chi connectivity index (χ0n) is 28.9. The zero-order chi connectivity index (χ0) is 33.6. The van der Waals surface area contributed by atoms with Gasteiger partial charge in [-0.3, -0.25) is 0 Å². The molecule has 0 aromatic heterocycles. The van der Waals surface area contributed by atoms with Gasteiger partial charge in [-0.1, -0.05) is 119 Å². The van der Waals surface area contributed by atoms with Crippen LogP contribution in [0.3, 0.4) is 0 Å². The first kappa shape index (κ1) is 43.6. The number of isothiocyanates is 1. The summed E-state index contributed by atoms with van der Waals surface area (Å²) in [5, 5.41) is 2.37. The highest BCUT2D eigenvalue weighted by Gasteiger charge is 2.07. The van der Waals surface area contributed by atoms with Crippen LogP contribution < -0.4 is 5.73 Å². The smallest absolute Gasteiger partial charge is 0.0797 e. The molecule has 0 amide bonds. The lowest BCUT2D eigenvalue weighted by Gasteiger charge is -2.11. The monoisotopic (exact) mass is 676 g/mol. The highest BCUT2D eigenvalue weighted by atomic mass is 32.1. The lowest BCUT2D eigenvalue weighted by molar-refractivity contribution is 0.632. The third-order valence-corrected chi connectivity index (χ3v) is 8.89. The average molecular weight is 677 g/mol. The molecule has 0 saturated carbocycles. The number of aryl methyl sites for hydroxylation is 6. The maximum absolute atomic E-state index is 5.66. The minimum absolute atomic E-state index is 0. The Morgan fingerprint density at radius 2 is 0.957 bits per heavy atom. The van der Waals surface area contributed by atoms with Crippen LogP contribution in [-0.2, 0) is 12.8 Å². The maximum atomic E-state index is 5.66. The van der Waals surface area contributed by atoms with Crippen molar-refractivity contribution in [3.05, 3.63) is 99.1 Å². The number of hydrogen-bond acceptors (Lipinski definition) is 5. The number of thiocarbonyl (C=S) groups is 3. The van der Waals surface area contributed by atoms with Crippen LogP contribution in [0, 0.1) is 41.5 Å². The molecule has 0 atom stereocenters. The molecule has 0 radical (unpaired) electrons. The fraction of sp³-hybridized carbons (Fsp3) is 0.488. The highest BCUT2D eigenvalue weighted by Crippen LogP contribution is 2.22.